The molecule has 0 aliphatic rings. The first-order chi connectivity index (χ1) is 11.2. The Morgan fingerprint density at radius 3 is 2.30 bits per heavy atom. The van der Waals surface area contributed by atoms with Gasteiger partial charge in [-0.25, -0.2) is 0 Å². The van der Waals surface area contributed by atoms with E-state index in [-0.39, 0.29) is 5.91 Å². The smallest absolute Gasteiger partial charge is 0.222 e. The average molecular weight is 311 g/mol. The molecule has 2 aromatic rings. The van der Waals surface area contributed by atoms with Gasteiger partial charge in [0.05, 0.1) is 0 Å². The summed E-state index contributed by atoms with van der Waals surface area (Å²) in [5.41, 5.74) is 14.6. The molecular weight excluding hydrogens is 286 g/mol. The van der Waals surface area contributed by atoms with E-state index in [0.717, 1.165) is 17.7 Å². The molecule has 0 aliphatic carbocycles. The highest BCUT2D eigenvalue weighted by molar-refractivity contribution is 5.76. The van der Waals surface area contributed by atoms with Gasteiger partial charge in [-0.2, -0.15) is 0 Å². The van der Waals surface area contributed by atoms with Crippen LogP contribution in [0.25, 0.3) is 0 Å². The van der Waals surface area contributed by atoms with Crippen LogP contribution in [0.15, 0.2) is 54.6 Å². The maximum atomic E-state index is 12.5. The van der Waals surface area contributed by atoms with Gasteiger partial charge in [-0.15, -0.1) is 0 Å². The Hall–Kier alpha value is -2.33. The van der Waals surface area contributed by atoms with E-state index in [0.29, 0.717) is 32.5 Å². The number of hydrogen-bond acceptors (Lipinski definition) is 3. The summed E-state index contributed by atoms with van der Waals surface area (Å²) in [7, 11) is 0. The zero-order valence-corrected chi connectivity index (χ0v) is 13.4. The van der Waals surface area contributed by atoms with Gasteiger partial charge in [0.1, 0.15) is 0 Å². The Bertz CT molecular complexity index is 613. The summed E-state index contributed by atoms with van der Waals surface area (Å²) in [5.74, 6) is 0.134. The molecule has 4 nitrogen and oxygen atoms in total. The number of para-hydroxylation sites is 1. The second-order valence-corrected chi connectivity index (χ2v) is 5.60. The Balaban J connectivity index is 1.89. The number of rotatable bonds is 8. The molecule has 0 aliphatic heterocycles. The summed E-state index contributed by atoms with van der Waals surface area (Å²) in [6, 6.07) is 17.9. The Kier molecular flexibility index (Phi) is 6.63. The quantitative estimate of drug-likeness (QED) is 0.734. The molecule has 4 heteroatoms. The molecule has 0 saturated carbocycles. The molecule has 0 aromatic heterocycles. The first-order valence-corrected chi connectivity index (χ1v) is 8.06. The molecule has 2 aromatic carbocycles. The van der Waals surface area contributed by atoms with Crippen molar-refractivity contribution in [1.29, 1.82) is 0 Å². The lowest BCUT2D eigenvalue weighted by molar-refractivity contribution is -0.131. The summed E-state index contributed by atoms with van der Waals surface area (Å²) in [6.07, 6.45) is 1.97. The predicted octanol–water partition coefficient (Wildman–Crippen LogP) is 2.23. The molecule has 0 radical (unpaired) electrons. The number of amides is 1. The van der Waals surface area contributed by atoms with Crippen molar-refractivity contribution in [1.82, 2.24) is 4.90 Å². The van der Waals surface area contributed by atoms with Gasteiger partial charge in [0.15, 0.2) is 0 Å². The third-order valence-corrected chi connectivity index (χ3v) is 3.93. The van der Waals surface area contributed by atoms with Crippen molar-refractivity contribution in [2.24, 2.45) is 5.73 Å². The maximum Gasteiger partial charge on any atom is 0.222 e. The standard InChI is InChI=1S/C19H25N3O/c20-13-15-22(14-12-16-6-2-1-3-7-16)19(23)11-10-17-8-4-5-9-18(17)21/h1-9H,10-15,20-21H2. The number of aryl methyl sites for hydroxylation is 1. The van der Waals surface area contributed by atoms with E-state index in [9.17, 15) is 4.79 Å². The van der Waals surface area contributed by atoms with Gasteiger partial charge in [-0.3, -0.25) is 4.79 Å². The van der Waals surface area contributed by atoms with Crippen LogP contribution < -0.4 is 11.5 Å². The van der Waals surface area contributed by atoms with Crippen molar-refractivity contribution < 1.29 is 4.79 Å². The van der Waals surface area contributed by atoms with Crippen LogP contribution in [0.3, 0.4) is 0 Å². The molecule has 0 bridgehead atoms. The SMILES string of the molecule is NCCN(CCc1ccccc1)C(=O)CCc1ccccc1N. The number of benzene rings is 2. The van der Waals surface area contributed by atoms with Crippen molar-refractivity contribution in [3.63, 3.8) is 0 Å². The van der Waals surface area contributed by atoms with Gasteiger partial charge < -0.3 is 16.4 Å². The molecule has 0 atom stereocenters. The molecule has 0 unspecified atom stereocenters. The summed E-state index contributed by atoms with van der Waals surface area (Å²) in [4.78, 5) is 14.3. The van der Waals surface area contributed by atoms with Crippen LogP contribution in [0, 0.1) is 0 Å². The summed E-state index contributed by atoms with van der Waals surface area (Å²) in [5, 5.41) is 0. The minimum Gasteiger partial charge on any atom is -0.399 e. The van der Waals surface area contributed by atoms with Crippen molar-refractivity contribution in [3.8, 4) is 0 Å². The summed E-state index contributed by atoms with van der Waals surface area (Å²) >= 11 is 0. The van der Waals surface area contributed by atoms with E-state index in [1.165, 1.54) is 5.56 Å². The first kappa shape index (κ1) is 17.0. The maximum absolute atomic E-state index is 12.5. The molecule has 122 valence electrons. The van der Waals surface area contributed by atoms with Gasteiger partial charge in [0, 0.05) is 31.7 Å². The number of nitrogens with zero attached hydrogens (tertiary/aromatic N) is 1. The van der Waals surface area contributed by atoms with Gasteiger partial charge in [-0.05, 0) is 30.0 Å². The highest BCUT2D eigenvalue weighted by Crippen LogP contribution is 2.13. The second-order valence-electron chi connectivity index (χ2n) is 5.60. The number of carbonyl (C=O) groups excluding carboxylic acids is 1. The second kappa shape index (κ2) is 8.96. The minimum atomic E-state index is 0.134. The molecule has 1 amide bonds. The predicted molar refractivity (Wildman–Crippen MR) is 95.0 cm³/mol. The van der Waals surface area contributed by atoms with Crippen molar-refractivity contribution in [2.75, 3.05) is 25.4 Å². The minimum absolute atomic E-state index is 0.134. The molecule has 2 rings (SSSR count). The van der Waals surface area contributed by atoms with E-state index >= 15 is 0 Å². The fourth-order valence-electron chi connectivity index (χ4n) is 2.59. The lowest BCUT2D eigenvalue weighted by Crippen LogP contribution is -2.37. The molecule has 4 N–H and O–H groups in total. The number of nitrogens with two attached hydrogens (primary N) is 2. The lowest BCUT2D eigenvalue weighted by atomic mass is 10.1. The van der Waals surface area contributed by atoms with E-state index in [2.05, 4.69) is 12.1 Å². The van der Waals surface area contributed by atoms with Crippen LogP contribution in [-0.4, -0.2) is 30.4 Å². The highest BCUT2D eigenvalue weighted by atomic mass is 16.2. The van der Waals surface area contributed by atoms with Gasteiger partial charge in [0.2, 0.25) is 5.91 Å². The van der Waals surface area contributed by atoms with Crippen LogP contribution in [0.2, 0.25) is 0 Å². The zero-order valence-electron chi connectivity index (χ0n) is 13.4. The third-order valence-electron chi connectivity index (χ3n) is 3.93. The van der Waals surface area contributed by atoms with Crippen LogP contribution in [0.1, 0.15) is 17.5 Å². The highest BCUT2D eigenvalue weighted by Gasteiger charge is 2.13. The topological polar surface area (TPSA) is 72.3 Å². The average Bonchev–Trinajstić information content (AvgIpc) is 2.58. The fraction of sp³-hybridized carbons (Fsp3) is 0.316. The zero-order chi connectivity index (χ0) is 16.5. The number of hydrogen-bond donors (Lipinski definition) is 2. The molecule has 0 spiro atoms. The van der Waals surface area contributed by atoms with Crippen molar-refractivity contribution >= 4 is 11.6 Å². The van der Waals surface area contributed by atoms with E-state index in [4.69, 9.17) is 11.5 Å². The monoisotopic (exact) mass is 311 g/mol. The molecule has 0 saturated heterocycles. The fourth-order valence-corrected chi connectivity index (χ4v) is 2.59. The first-order valence-electron chi connectivity index (χ1n) is 8.06. The van der Waals surface area contributed by atoms with Gasteiger partial charge in [-0.1, -0.05) is 48.5 Å². The summed E-state index contributed by atoms with van der Waals surface area (Å²) < 4.78 is 0. The van der Waals surface area contributed by atoms with E-state index in [1.807, 2.05) is 47.4 Å². The third kappa shape index (κ3) is 5.42. The number of anilines is 1. The van der Waals surface area contributed by atoms with Crippen LogP contribution in [0.4, 0.5) is 5.69 Å². The van der Waals surface area contributed by atoms with Crippen molar-refractivity contribution in [2.45, 2.75) is 19.3 Å². The Morgan fingerprint density at radius 2 is 1.61 bits per heavy atom. The lowest BCUT2D eigenvalue weighted by Gasteiger charge is -2.22. The molecule has 0 heterocycles. The largest absolute Gasteiger partial charge is 0.399 e. The van der Waals surface area contributed by atoms with Crippen LogP contribution in [-0.2, 0) is 17.6 Å². The number of carbonyl (C=O) groups is 1. The molecular formula is C19H25N3O. The van der Waals surface area contributed by atoms with Gasteiger partial charge >= 0.3 is 0 Å². The number of nitrogen functional groups attached to an aromatic ring is 1. The summed E-state index contributed by atoms with van der Waals surface area (Å²) in [6.45, 7) is 1.77. The van der Waals surface area contributed by atoms with E-state index in [1.54, 1.807) is 0 Å². The van der Waals surface area contributed by atoms with E-state index < -0.39 is 0 Å². The van der Waals surface area contributed by atoms with Crippen LogP contribution in [0.5, 0.6) is 0 Å². The Morgan fingerprint density at radius 1 is 0.913 bits per heavy atom. The van der Waals surface area contributed by atoms with Crippen molar-refractivity contribution in [3.05, 3.63) is 65.7 Å². The van der Waals surface area contributed by atoms with Crippen LogP contribution >= 0.6 is 0 Å². The molecule has 23 heavy (non-hydrogen) atoms. The molecule has 0 fully saturated rings. The normalized spacial score (nSPS) is 10.5. The Labute approximate surface area is 138 Å². The van der Waals surface area contributed by atoms with Gasteiger partial charge in [0.25, 0.3) is 0 Å².